The van der Waals surface area contributed by atoms with E-state index in [2.05, 4.69) is 39.7 Å². The first-order valence-corrected chi connectivity index (χ1v) is 11.5. The van der Waals surface area contributed by atoms with Crippen molar-refractivity contribution in [3.05, 3.63) is 53.7 Å². The summed E-state index contributed by atoms with van der Waals surface area (Å²) in [6.45, 7) is 7.76. The highest BCUT2D eigenvalue weighted by Gasteiger charge is 2.24. The first-order valence-electron chi connectivity index (χ1n) is 11.5. The number of benzene rings is 2. The molecule has 166 valence electrons. The van der Waals surface area contributed by atoms with Gasteiger partial charge in [0.1, 0.15) is 13.1 Å². The number of rotatable bonds is 7. The summed E-state index contributed by atoms with van der Waals surface area (Å²) in [6, 6.07) is 12.4. The molecular weight excluding hydrogens is 402 g/mol. The summed E-state index contributed by atoms with van der Waals surface area (Å²) in [5.74, 6) is 0.667. The van der Waals surface area contributed by atoms with E-state index in [1.807, 2.05) is 30.5 Å². The number of fused-ring (bicyclic) bond motifs is 1. The third-order valence-corrected chi connectivity index (χ3v) is 6.26. The molecule has 1 amide bonds. The summed E-state index contributed by atoms with van der Waals surface area (Å²) in [5, 5.41) is 7.41. The van der Waals surface area contributed by atoms with E-state index in [0.29, 0.717) is 17.6 Å². The van der Waals surface area contributed by atoms with Gasteiger partial charge in [-0.3, -0.25) is 4.79 Å². The highest BCUT2D eigenvalue weighted by Crippen LogP contribution is 2.28. The van der Waals surface area contributed by atoms with Crippen LogP contribution in [0.15, 0.2) is 42.6 Å². The number of morpholine rings is 1. The zero-order chi connectivity index (χ0) is 21.9. The van der Waals surface area contributed by atoms with Crippen LogP contribution in [0.2, 0.25) is 0 Å². The minimum atomic E-state index is 0.00695. The molecular formula is C25H30N5O2+. The third-order valence-electron chi connectivity index (χ3n) is 6.26. The standard InChI is InChI=1S/C25H29N5O2/c1-17-2-3-19(24(31)28-21-5-6-21)15-22(17)18-4-7-23-20(14-18)16-27-25(29-23)26-8-9-30-10-12-32-13-11-30/h2-4,7,14-16,21H,5-6,8-13H2,1H3,(H,28,31)(H,26,27,29)/p+1. The Morgan fingerprint density at radius 1 is 1.16 bits per heavy atom. The van der Waals surface area contributed by atoms with E-state index < -0.39 is 0 Å². The zero-order valence-corrected chi connectivity index (χ0v) is 18.5. The van der Waals surface area contributed by atoms with Crippen LogP contribution in [0.4, 0.5) is 5.95 Å². The minimum Gasteiger partial charge on any atom is -0.370 e. The molecule has 0 atom stereocenters. The maximum absolute atomic E-state index is 12.5. The van der Waals surface area contributed by atoms with E-state index in [9.17, 15) is 4.79 Å². The number of anilines is 1. The second kappa shape index (κ2) is 9.22. The van der Waals surface area contributed by atoms with Gasteiger partial charge in [-0.15, -0.1) is 0 Å². The van der Waals surface area contributed by atoms with Crippen LogP contribution in [0.1, 0.15) is 28.8 Å². The number of hydrogen-bond acceptors (Lipinski definition) is 5. The summed E-state index contributed by atoms with van der Waals surface area (Å²) in [5.41, 5.74) is 4.88. The number of aromatic nitrogens is 2. The Labute approximate surface area is 188 Å². The fourth-order valence-corrected chi connectivity index (χ4v) is 4.12. The second-order valence-electron chi connectivity index (χ2n) is 8.78. The lowest BCUT2D eigenvalue weighted by Crippen LogP contribution is -3.14. The molecule has 3 aromatic rings. The maximum atomic E-state index is 12.5. The average Bonchev–Trinajstić information content (AvgIpc) is 3.64. The normalized spacial score (nSPS) is 16.8. The quantitative estimate of drug-likeness (QED) is 0.531. The maximum Gasteiger partial charge on any atom is 0.251 e. The fraction of sp³-hybridized carbons (Fsp3) is 0.400. The van der Waals surface area contributed by atoms with Crippen molar-refractivity contribution < 1.29 is 14.4 Å². The first-order chi connectivity index (χ1) is 15.7. The lowest BCUT2D eigenvalue weighted by atomic mass is 9.97. The van der Waals surface area contributed by atoms with E-state index in [1.165, 1.54) is 0 Å². The Hall–Kier alpha value is -3.03. The van der Waals surface area contributed by atoms with E-state index in [0.717, 1.165) is 79.8 Å². The van der Waals surface area contributed by atoms with E-state index in [4.69, 9.17) is 4.74 Å². The molecule has 2 heterocycles. The molecule has 1 aliphatic carbocycles. The zero-order valence-electron chi connectivity index (χ0n) is 18.5. The minimum absolute atomic E-state index is 0.00695. The second-order valence-corrected chi connectivity index (χ2v) is 8.78. The van der Waals surface area contributed by atoms with Crippen LogP contribution in [0.3, 0.4) is 0 Å². The van der Waals surface area contributed by atoms with Crippen molar-refractivity contribution in [2.75, 3.05) is 44.7 Å². The molecule has 3 N–H and O–H groups in total. The fourth-order valence-electron chi connectivity index (χ4n) is 4.12. The highest BCUT2D eigenvalue weighted by atomic mass is 16.5. The van der Waals surface area contributed by atoms with Gasteiger partial charge >= 0.3 is 0 Å². The molecule has 2 aromatic carbocycles. The van der Waals surface area contributed by atoms with Gasteiger partial charge in [0.25, 0.3) is 5.91 Å². The molecule has 1 aromatic heterocycles. The van der Waals surface area contributed by atoms with Gasteiger partial charge in [-0.1, -0.05) is 12.1 Å². The monoisotopic (exact) mass is 432 g/mol. The molecule has 1 saturated heterocycles. The first kappa shape index (κ1) is 20.8. The smallest absolute Gasteiger partial charge is 0.251 e. The molecule has 0 unspecified atom stereocenters. The van der Waals surface area contributed by atoms with Gasteiger partial charge in [-0.2, -0.15) is 0 Å². The van der Waals surface area contributed by atoms with Crippen LogP contribution in [0, 0.1) is 6.92 Å². The van der Waals surface area contributed by atoms with Gasteiger partial charge in [0, 0.05) is 23.2 Å². The summed E-state index contributed by atoms with van der Waals surface area (Å²) in [6.07, 6.45) is 4.04. The van der Waals surface area contributed by atoms with Gasteiger partial charge in [-0.25, -0.2) is 9.97 Å². The van der Waals surface area contributed by atoms with Crippen molar-refractivity contribution in [1.82, 2.24) is 15.3 Å². The molecule has 32 heavy (non-hydrogen) atoms. The lowest BCUT2D eigenvalue weighted by Gasteiger charge is -2.23. The van der Waals surface area contributed by atoms with Gasteiger partial charge in [0.2, 0.25) is 5.95 Å². The Morgan fingerprint density at radius 3 is 2.81 bits per heavy atom. The van der Waals surface area contributed by atoms with Crippen LogP contribution in [0.5, 0.6) is 0 Å². The summed E-state index contributed by atoms with van der Waals surface area (Å²) in [7, 11) is 0. The van der Waals surface area contributed by atoms with Gasteiger partial charge < -0.3 is 20.3 Å². The predicted octanol–water partition coefficient (Wildman–Crippen LogP) is 1.82. The van der Waals surface area contributed by atoms with Crippen molar-refractivity contribution in [2.45, 2.75) is 25.8 Å². The van der Waals surface area contributed by atoms with Crippen LogP contribution in [-0.2, 0) is 4.74 Å². The van der Waals surface area contributed by atoms with Gasteiger partial charge in [0.05, 0.1) is 31.8 Å². The Morgan fingerprint density at radius 2 is 2.00 bits per heavy atom. The van der Waals surface area contributed by atoms with Crippen molar-refractivity contribution in [3.63, 3.8) is 0 Å². The number of nitrogens with one attached hydrogen (secondary N) is 3. The molecule has 1 saturated carbocycles. The number of nitrogens with zero attached hydrogens (tertiary/aromatic N) is 2. The van der Waals surface area contributed by atoms with Crippen LogP contribution in [0.25, 0.3) is 22.0 Å². The van der Waals surface area contributed by atoms with E-state index in [1.54, 1.807) is 4.90 Å². The number of quaternary nitrogens is 1. The third kappa shape index (κ3) is 4.89. The molecule has 2 aliphatic rings. The topological polar surface area (TPSA) is 80.6 Å². The molecule has 7 heteroatoms. The number of hydrogen-bond donors (Lipinski definition) is 3. The molecule has 0 bridgehead atoms. The Kier molecular flexibility index (Phi) is 6.01. The molecule has 0 radical (unpaired) electrons. The number of ether oxygens (including phenoxy) is 1. The van der Waals surface area contributed by atoms with E-state index in [-0.39, 0.29) is 5.91 Å². The van der Waals surface area contributed by atoms with Crippen molar-refractivity contribution >= 4 is 22.8 Å². The van der Waals surface area contributed by atoms with Crippen LogP contribution < -0.4 is 15.5 Å². The number of carbonyl (C=O) groups excluding carboxylic acids is 1. The summed E-state index contributed by atoms with van der Waals surface area (Å²) in [4.78, 5) is 23.2. The molecule has 0 spiro atoms. The Bertz CT molecular complexity index is 1120. The van der Waals surface area contributed by atoms with Crippen molar-refractivity contribution in [2.24, 2.45) is 0 Å². The number of amides is 1. The highest BCUT2D eigenvalue weighted by molar-refractivity contribution is 5.96. The Balaban J connectivity index is 1.30. The van der Waals surface area contributed by atoms with Crippen LogP contribution >= 0.6 is 0 Å². The molecule has 5 rings (SSSR count). The summed E-state index contributed by atoms with van der Waals surface area (Å²) < 4.78 is 5.41. The van der Waals surface area contributed by atoms with E-state index >= 15 is 0 Å². The molecule has 7 nitrogen and oxygen atoms in total. The van der Waals surface area contributed by atoms with Crippen molar-refractivity contribution in [3.8, 4) is 11.1 Å². The molecule has 2 fully saturated rings. The average molecular weight is 433 g/mol. The van der Waals surface area contributed by atoms with Crippen LogP contribution in [-0.4, -0.2) is 61.3 Å². The summed E-state index contributed by atoms with van der Waals surface area (Å²) >= 11 is 0. The largest absolute Gasteiger partial charge is 0.370 e. The van der Waals surface area contributed by atoms with Gasteiger partial charge in [-0.05, 0) is 60.7 Å². The molecule has 1 aliphatic heterocycles. The SMILES string of the molecule is Cc1ccc(C(=O)NC2CC2)cc1-c1ccc2nc(NCC[NH+]3CCOCC3)ncc2c1. The number of carbonyl (C=O) groups is 1. The number of aryl methyl sites for hydroxylation is 1. The predicted molar refractivity (Wildman–Crippen MR) is 125 cm³/mol. The van der Waals surface area contributed by atoms with Crippen molar-refractivity contribution in [1.29, 1.82) is 0 Å². The lowest BCUT2D eigenvalue weighted by molar-refractivity contribution is -0.906. The van der Waals surface area contributed by atoms with Gasteiger partial charge in [0.15, 0.2) is 0 Å².